The number of nitrogens with zero attached hydrogens (tertiary/aromatic N) is 1. The highest BCUT2D eigenvalue weighted by atomic mass is 32.2. The van der Waals surface area contributed by atoms with Gasteiger partial charge >= 0.3 is 0 Å². The molecule has 1 N–H and O–H groups in total. The molecular formula is C16H15NO2S. The maximum atomic E-state index is 12.1. The highest BCUT2D eigenvalue weighted by molar-refractivity contribution is 8.00. The predicted molar refractivity (Wildman–Crippen MR) is 80.3 cm³/mol. The molecule has 1 atom stereocenters. The van der Waals surface area contributed by atoms with Gasteiger partial charge in [-0.2, -0.15) is 0 Å². The number of benzene rings is 2. The molecule has 2 aromatic carbocycles. The van der Waals surface area contributed by atoms with Gasteiger partial charge in [0, 0.05) is 6.54 Å². The maximum absolute atomic E-state index is 12.1. The minimum Gasteiger partial charge on any atom is -0.508 e. The number of hydrogen-bond donors (Lipinski definition) is 1. The van der Waals surface area contributed by atoms with Crippen LogP contribution < -0.4 is 0 Å². The molecule has 1 fully saturated rings. The van der Waals surface area contributed by atoms with Crippen LogP contribution in [0.3, 0.4) is 0 Å². The van der Waals surface area contributed by atoms with E-state index >= 15 is 0 Å². The molecule has 0 radical (unpaired) electrons. The standard InChI is InChI=1S/C16H15NO2S/c18-14-8-4-7-13(9-14)16-17(15(19)11-20-16)10-12-5-2-1-3-6-12/h1-9,16,18H,10-11H2/t16-/m0/s1. The van der Waals surface area contributed by atoms with Crippen molar-refractivity contribution in [2.75, 3.05) is 5.75 Å². The molecule has 20 heavy (non-hydrogen) atoms. The third kappa shape index (κ3) is 2.65. The van der Waals surface area contributed by atoms with Gasteiger partial charge in [-0.1, -0.05) is 42.5 Å². The van der Waals surface area contributed by atoms with Crippen LogP contribution in [-0.4, -0.2) is 21.7 Å². The molecule has 2 aromatic rings. The Labute approximate surface area is 122 Å². The second-order valence-corrected chi connectivity index (χ2v) is 5.83. The summed E-state index contributed by atoms with van der Waals surface area (Å²) in [4.78, 5) is 14.0. The SMILES string of the molecule is O=C1CS[C@@H](c2cccc(O)c2)N1Cc1ccccc1. The number of phenolic OH excluding ortho intramolecular Hbond substituents is 1. The van der Waals surface area contributed by atoms with Crippen LogP contribution in [0.25, 0.3) is 0 Å². The molecule has 1 amide bonds. The van der Waals surface area contributed by atoms with Crippen molar-refractivity contribution in [3.8, 4) is 5.75 Å². The third-order valence-corrected chi connectivity index (χ3v) is 4.58. The van der Waals surface area contributed by atoms with Crippen LogP contribution >= 0.6 is 11.8 Å². The second-order valence-electron chi connectivity index (χ2n) is 4.77. The first-order valence-corrected chi connectivity index (χ1v) is 7.53. The zero-order chi connectivity index (χ0) is 13.9. The summed E-state index contributed by atoms with van der Waals surface area (Å²) in [5, 5.41) is 9.58. The van der Waals surface area contributed by atoms with Gasteiger partial charge in [-0.3, -0.25) is 4.79 Å². The van der Waals surface area contributed by atoms with Crippen LogP contribution in [0.15, 0.2) is 54.6 Å². The Morgan fingerprint density at radius 2 is 1.95 bits per heavy atom. The molecule has 0 bridgehead atoms. The first kappa shape index (κ1) is 13.1. The fourth-order valence-electron chi connectivity index (χ4n) is 2.36. The van der Waals surface area contributed by atoms with Crippen LogP contribution in [0.2, 0.25) is 0 Å². The Hall–Kier alpha value is -1.94. The fraction of sp³-hybridized carbons (Fsp3) is 0.188. The minimum atomic E-state index is -0.0187. The number of amides is 1. The van der Waals surface area contributed by atoms with E-state index in [4.69, 9.17) is 0 Å². The number of aromatic hydroxyl groups is 1. The van der Waals surface area contributed by atoms with Crippen molar-refractivity contribution in [3.63, 3.8) is 0 Å². The zero-order valence-electron chi connectivity index (χ0n) is 10.9. The lowest BCUT2D eigenvalue weighted by molar-refractivity contribution is -0.128. The van der Waals surface area contributed by atoms with E-state index < -0.39 is 0 Å². The Morgan fingerprint density at radius 3 is 2.70 bits per heavy atom. The Morgan fingerprint density at radius 1 is 1.15 bits per heavy atom. The Balaban J connectivity index is 1.85. The van der Waals surface area contributed by atoms with Gasteiger partial charge in [0.15, 0.2) is 0 Å². The van der Waals surface area contributed by atoms with Crippen LogP contribution in [0, 0.1) is 0 Å². The van der Waals surface area contributed by atoms with E-state index in [0.29, 0.717) is 12.3 Å². The number of rotatable bonds is 3. The van der Waals surface area contributed by atoms with Gasteiger partial charge in [-0.15, -0.1) is 11.8 Å². The number of phenols is 1. The van der Waals surface area contributed by atoms with Crippen molar-refractivity contribution in [2.24, 2.45) is 0 Å². The number of thioether (sulfide) groups is 1. The minimum absolute atomic E-state index is 0.0187. The quantitative estimate of drug-likeness (QED) is 0.941. The maximum Gasteiger partial charge on any atom is 0.234 e. The third-order valence-electron chi connectivity index (χ3n) is 3.32. The topological polar surface area (TPSA) is 40.5 Å². The monoisotopic (exact) mass is 285 g/mol. The number of carbonyl (C=O) groups is 1. The van der Waals surface area contributed by atoms with Crippen molar-refractivity contribution in [3.05, 3.63) is 65.7 Å². The molecule has 0 aromatic heterocycles. The Bertz CT molecular complexity index is 615. The summed E-state index contributed by atoms with van der Waals surface area (Å²) in [6.07, 6.45) is 0. The average Bonchev–Trinajstić information content (AvgIpc) is 2.82. The fourth-order valence-corrected chi connectivity index (χ4v) is 3.54. The smallest absolute Gasteiger partial charge is 0.234 e. The highest BCUT2D eigenvalue weighted by Crippen LogP contribution is 2.40. The van der Waals surface area contributed by atoms with E-state index in [1.165, 1.54) is 0 Å². The highest BCUT2D eigenvalue weighted by Gasteiger charge is 2.32. The zero-order valence-corrected chi connectivity index (χ0v) is 11.7. The summed E-state index contributed by atoms with van der Waals surface area (Å²) < 4.78 is 0. The first-order chi connectivity index (χ1) is 9.74. The lowest BCUT2D eigenvalue weighted by Gasteiger charge is -2.24. The number of carbonyl (C=O) groups excluding carboxylic acids is 1. The first-order valence-electron chi connectivity index (χ1n) is 6.48. The van der Waals surface area contributed by atoms with Crippen LogP contribution in [0.5, 0.6) is 5.75 Å². The molecule has 1 saturated heterocycles. The van der Waals surface area contributed by atoms with Crippen LogP contribution in [-0.2, 0) is 11.3 Å². The lowest BCUT2D eigenvalue weighted by Crippen LogP contribution is -2.27. The van der Waals surface area contributed by atoms with Gasteiger partial charge < -0.3 is 10.0 Å². The molecule has 1 aliphatic rings. The van der Waals surface area contributed by atoms with Gasteiger partial charge in [-0.25, -0.2) is 0 Å². The average molecular weight is 285 g/mol. The second kappa shape index (κ2) is 5.59. The summed E-state index contributed by atoms with van der Waals surface area (Å²) in [6.45, 7) is 0.604. The van der Waals surface area contributed by atoms with Crippen molar-refractivity contribution in [1.29, 1.82) is 0 Å². The van der Waals surface area contributed by atoms with Crippen molar-refractivity contribution in [2.45, 2.75) is 11.9 Å². The molecule has 3 nitrogen and oxygen atoms in total. The van der Waals surface area contributed by atoms with Crippen molar-refractivity contribution < 1.29 is 9.90 Å². The largest absolute Gasteiger partial charge is 0.508 e. The molecule has 3 rings (SSSR count). The molecule has 0 unspecified atom stereocenters. The van der Waals surface area contributed by atoms with E-state index in [1.807, 2.05) is 47.4 Å². The molecule has 102 valence electrons. The molecule has 0 spiro atoms. The summed E-state index contributed by atoms with van der Waals surface area (Å²) >= 11 is 1.60. The normalized spacial score (nSPS) is 18.5. The van der Waals surface area contributed by atoms with E-state index in [0.717, 1.165) is 11.1 Å². The van der Waals surface area contributed by atoms with E-state index in [-0.39, 0.29) is 17.0 Å². The van der Waals surface area contributed by atoms with Crippen LogP contribution in [0.4, 0.5) is 0 Å². The lowest BCUT2D eigenvalue weighted by atomic mass is 10.1. The summed E-state index contributed by atoms with van der Waals surface area (Å²) in [7, 11) is 0. The number of hydrogen-bond acceptors (Lipinski definition) is 3. The van der Waals surface area contributed by atoms with E-state index in [9.17, 15) is 9.90 Å². The van der Waals surface area contributed by atoms with Gasteiger partial charge in [0.2, 0.25) is 5.91 Å². The van der Waals surface area contributed by atoms with E-state index in [2.05, 4.69) is 0 Å². The predicted octanol–water partition coefficient (Wildman–Crippen LogP) is 3.17. The molecule has 0 saturated carbocycles. The van der Waals surface area contributed by atoms with Crippen LogP contribution in [0.1, 0.15) is 16.5 Å². The van der Waals surface area contributed by atoms with Gasteiger partial charge in [0.1, 0.15) is 11.1 Å². The van der Waals surface area contributed by atoms with Crippen molar-refractivity contribution >= 4 is 17.7 Å². The summed E-state index contributed by atoms with van der Waals surface area (Å²) in [5.41, 5.74) is 2.09. The van der Waals surface area contributed by atoms with Gasteiger partial charge in [0.25, 0.3) is 0 Å². The summed E-state index contributed by atoms with van der Waals surface area (Å²) in [6, 6.07) is 17.1. The molecule has 1 heterocycles. The van der Waals surface area contributed by atoms with Crippen molar-refractivity contribution in [1.82, 2.24) is 4.90 Å². The Kier molecular flexibility index (Phi) is 3.65. The summed E-state index contributed by atoms with van der Waals surface area (Å²) in [5.74, 6) is 0.877. The molecule has 1 aliphatic heterocycles. The molecule has 4 heteroatoms. The van der Waals surface area contributed by atoms with E-state index in [1.54, 1.807) is 23.9 Å². The van der Waals surface area contributed by atoms with Gasteiger partial charge in [0.05, 0.1) is 5.75 Å². The molecular weight excluding hydrogens is 270 g/mol. The molecule has 0 aliphatic carbocycles. The van der Waals surface area contributed by atoms with Gasteiger partial charge in [-0.05, 0) is 23.3 Å².